The molecule has 20 heavy (non-hydrogen) atoms. The number of nitrogens with one attached hydrogen (secondary N) is 2. The highest BCUT2D eigenvalue weighted by molar-refractivity contribution is 5.85. The Balaban J connectivity index is 0.00000200. The smallest absolute Gasteiger partial charge is 0.267 e. The lowest BCUT2D eigenvalue weighted by Gasteiger charge is -2.20. The van der Waals surface area contributed by atoms with Gasteiger partial charge in [-0.05, 0) is 38.2 Å². The first kappa shape index (κ1) is 16.7. The van der Waals surface area contributed by atoms with Gasteiger partial charge in [-0.2, -0.15) is 5.10 Å². The second-order valence-corrected chi connectivity index (χ2v) is 4.90. The molecule has 7 heteroatoms. The number of halogens is 1. The molecule has 0 aliphatic heterocycles. The molecule has 0 bridgehead atoms. The average Bonchev–Trinajstić information content (AvgIpc) is 2.45. The molecule has 1 amide bonds. The van der Waals surface area contributed by atoms with Crippen LogP contribution in [-0.4, -0.2) is 29.2 Å². The lowest BCUT2D eigenvalue weighted by atomic mass is 9.88. The van der Waals surface area contributed by atoms with Crippen LogP contribution < -0.4 is 16.6 Å². The van der Waals surface area contributed by atoms with Gasteiger partial charge in [0.1, 0.15) is 0 Å². The SMILES string of the molecule is CC(C(=O)NCCN)c1n[nH]c(=O)c2c1CCCC2.Cl. The van der Waals surface area contributed by atoms with E-state index in [0.717, 1.165) is 36.8 Å². The molecular formula is C13H21ClN4O2. The predicted molar refractivity (Wildman–Crippen MR) is 79.2 cm³/mol. The van der Waals surface area contributed by atoms with Crippen LogP contribution in [0.25, 0.3) is 0 Å². The van der Waals surface area contributed by atoms with Gasteiger partial charge < -0.3 is 11.1 Å². The number of amides is 1. The van der Waals surface area contributed by atoms with Crippen LogP contribution in [0.3, 0.4) is 0 Å². The van der Waals surface area contributed by atoms with Crippen LogP contribution in [0.4, 0.5) is 0 Å². The Bertz CT molecular complexity index is 530. The maximum atomic E-state index is 12.0. The zero-order valence-electron chi connectivity index (χ0n) is 11.6. The molecule has 1 unspecified atom stereocenters. The van der Waals surface area contributed by atoms with Gasteiger partial charge in [-0.25, -0.2) is 5.10 Å². The maximum absolute atomic E-state index is 12.0. The highest BCUT2D eigenvalue weighted by Crippen LogP contribution is 2.25. The summed E-state index contributed by atoms with van der Waals surface area (Å²) in [5.41, 5.74) is 7.71. The van der Waals surface area contributed by atoms with E-state index in [-0.39, 0.29) is 29.8 Å². The summed E-state index contributed by atoms with van der Waals surface area (Å²) >= 11 is 0. The Hall–Kier alpha value is -1.40. The lowest BCUT2D eigenvalue weighted by Crippen LogP contribution is -2.34. The quantitative estimate of drug-likeness (QED) is 0.742. The Morgan fingerprint density at radius 2 is 2.05 bits per heavy atom. The molecule has 1 heterocycles. The third kappa shape index (κ3) is 3.37. The number of nitrogens with two attached hydrogens (primary N) is 1. The van der Waals surface area contributed by atoms with Gasteiger partial charge in [-0.3, -0.25) is 9.59 Å². The van der Waals surface area contributed by atoms with Crippen LogP contribution in [0.2, 0.25) is 0 Å². The zero-order chi connectivity index (χ0) is 13.8. The number of carbonyl (C=O) groups is 1. The molecule has 0 aromatic carbocycles. The van der Waals surface area contributed by atoms with Gasteiger partial charge in [0.2, 0.25) is 5.91 Å². The molecule has 4 N–H and O–H groups in total. The van der Waals surface area contributed by atoms with E-state index in [1.807, 2.05) is 0 Å². The number of nitrogens with zero attached hydrogens (tertiary/aromatic N) is 1. The number of hydrogen-bond donors (Lipinski definition) is 3. The van der Waals surface area contributed by atoms with E-state index < -0.39 is 0 Å². The van der Waals surface area contributed by atoms with Crippen molar-refractivity contribution in [2.24, 2.45) is 5.73 Å². The maximum Gasteiger partial charge on any atom is 0.267 e. The Morgan fingerprint density at radius 3 is 2.70 bits per heavy atom. The van der Waals surface area contributed by atoms with E-state index >= 15 is 0 Å². The Morgan fingerprint density at radius 1 is 1.40 bits per heavy atom. The number of fused-ring (bicyclic) bond motifs is 1. The number of aromatic amines is 1. The molecule has 1 aliphatic carbocycles. The van der Waals surface area contributed by atoms with E-state index in [4.69, 9.17) is 5.73 Å². The zero-order valence-corrected chi connectivity index (χ0v) is 12.4. The van der Waals surface area contributed by atoms with Crippen molar-refractivity contribution < 1.29 is 4.79 Å². The number of aromatic nitrogens is 2. The summed E-state index contributed by atoms with van der Waals surface area (Å²) in [7, 11) is 0. The van der Waals surface area contributed by atoms with Gasteiger partial charge in [-0.1, -0.05) is 0 Å². The molecule has 1 aliphatic rings. The second kappa shape index (κ2) is 7.40. The van der Waals surface area contributed by atoms with Crippen molar-refractivity contribution in [1.29, 1.82) is 0 Å². The third-order valence-corrected chi connectivity index (χ3v) is 3.58. The number of hydrogen-bond acceptors (Lipinski definition) is 4. The Kier molecular flexibility index (Phi) is 6.16. The summed E-state index contributed by atoms with van der Waals surface area (Å²) in [4.78, 5) is 23.7. The van der Waals surface area contributed by atoms with Gasteiger partial charge in [-0.15, -0.1) is 12.4 Å². The summed E-state index contributed by atoms with van der Waals surface area (Å²) in [6, 6.07) is 0. The largest absolute Gasteiger partial charge is 0.354 e. The lowest BCUT2D eigenvalue weighted by molar-refractivity contribution is -0.122. The van der Waals surface area contributed by atoms with E-state index in [1.54, 1.807) is 6.92 Å². The van der Waals surface area contributed by atoms with Crippen molar-refractivity contribution in [2.45, 2.75) is 38.5 Å². The summed E-state index contributed by atoms with van der Waals surface area (Å²) in [5.74, 6) is -0.465. The number of rotatable bonds is 4. The normalized spacial score (nSPS) is 14.9. The van der Waals surface area contributed by atoms with Gasteiger partial charge in [0.05, 0.1) is 11.6 Å². The molecule has 1 aromatic rings. The minimum absolute atomic E-state index is 0. The highest BCUT2D eigenvalue weighted by atomic mass is 35.5. The van der Waals surface area contributed by atoms with Crippen molar-refractivity contribution >= 4 is 18.3 Å². The fraction of sp³-hybridized carbons (Fsp3) is 0.615. The number of H-pyrrole nitrogens is 1. The molecule has 0 radical (unpaired) electrons. The van der Waals surface area contributed by atoms with Crippen molar-refractivity contribution in [3.05, 3.63) is 27.2 Å². The van der Waals surface area contributed by atoms with Crippen LogP contribution in [-0.2, 0) is 17.6 Å². The highest BCUT2D eigenvalue weighted by Gasteiger charge is 2.24. The molecule has 6 nitrogen and oxygen atoms in total. The van der Waals surface area contributed by atoms with Crippen LogP contribution >= 0.6 is 12.4 Å². The fourth-order valence-electron chi connectivity index (χ4n) is 2.52. The molecule has 0 fully saturated rings. The van der Waals surface area contributed by atoms with Crippen LogP contribution in [0.15, 0.2) is 4.79 Å². The second-order valence-electron chi connectivity index (χ2n) is 4.90. The van der Waals surface area contributed by atoms with Gasteiger partial charge >= 0.3 is 0 Å². The average molecular weight is 301 g/mol. The molecule has 0 saturated heterocycles. The van der Waals surface area contributed by atoms with Gasteiger partial charge in [0.25, 0.3) is 5.56 Å². The molecule has 2 rings (SSSR count). The van der Waals surface area contributed by atoms with Crippen LogP contribution in [0.1, 0.15) is 42.5 Å². The predicted octanol–water partition coefficient (Wildman–Crippen LogP) is 0.249. The van der Waals surface area contributed by atoms with Crippen molar-refractivity contribution in [2.75, 3.05) is 13.1 Å². The topological polar surface area (TPSA) is 101 Å². The van der Waals surface area contributed by atoms with Gasteiger partial charge in [0, 0.05) is 18.7 Å². The fourth-order valence-corrected chi connectivity index (χ4v) is 2.52. The molecular weight excluding hydrogens is 280 g/mol. The number of carbonyl (C=O) groups excluding carboxylic acids is 1. The summed E-state index contributed by atoms with van der Waals surface area (Å²) in [5, 5.41) is 9.36. The monoisotopic (exact) mass is 300 g/mol. The van der Waals surface area contributed by atoms with Crippen molar-refractivity contribution in [1.82, 2.24) is 15.5 Å². The summed E-state index contributed by atoms with van der Waals surface area (Å²) in [6.45, 7) is 2.67. The molecule has 0 saturated carbocycles. The third-order valence-electron chi connectivity index (χ3n) is 3.58. The first-order chi connectivity index (χ1) is 9.15. The summed E-state index contributed by atoms with van der Waals surface area (Å²) < 4.78 is 0. The minimum atomic E-state index is -0.366. The van der Waals surface area contributed by atoms with Crippen LogP contribution in [0.5, 0.6) is 0 Å². The summed E-state index contributed by atoms with van der Waals surface area (Å²) in [6.07, 6.45) is 3.67. The molecule has 0 spiro atoms. The van der Waals surface area contributed by atoms with E-state index in [2.05, 4.69) is 15.5 Å². The van der Waals surface area contributed by atoms with E-state index in [1.165, 1.54) is 0 Å². The first-order valence-electron chi connectivity index (χ1n) is 6.73. The van der Waals surface area contributed by atoms with Crippen molar-refractivity contribution in [3.8, 4) is 0 Å². The van der Waals surface area contributed by atoms with E-state index in [0.29, 0.717) is 18.8 Å². The van der Waals surface area contributed by atoms with Gasteiger partial charge in [0.15, 0.2) is 0 Å². The molecule has 1 aromatic heterocycles. The van der Waals surface area contributed by atoms with Crippen LogP contribution in [0, 0.1) is 0 Å². The Labute approximate surface area is 123 Å². The van der Waals surface area contributed by atoms with E-state index in [9.17, 15) is 9.59 Å². The standard InChI is InChI=1S/C13H20N4O2.ClH/c1-8(12(18)15-7-6-14)11-9-4-2-3-5-10(9)13(19)17-16-11;/h8H,2-7,14H2,1H3,(H,15,18)(H,17,19);1H. The van der Waals surface area contributed by atoms with Crippen molar-refractivity contribution in [3.63, 3.8) is 0 Å². The molecule has 1 atom stereocenters. The molecule has 112 valence electrons. The first-order valence-corrected chi connectivity index (χ1v) is 6.73. The minimum Gasteiger partial charge on any atom is -0.354 e.